The number of carbonyl (C=O) groups excluding carboxylic acids is 3. The van der Waals surface area contributed by atoms with Crippen molar-refractivity contribution in [2.24, 2.45) is 11.8 Å². The summed E-state index contributed by atoms with van der Waals surface area (Å²) in [5, 5.41) is 9.69. The first-order valence-corrected chi connectivity index (χ1v) is 13.2. The van der Waals surface area contributed by atoms with Gasteiger partial charge in [-0.25, -0.2) is 0 Å². The molecule has 3 heterocycles. The van der Waals surface area contributed by atoms with Gasteiger partial charge in [0.25, 0.3) is 5.91 Å². The van der Waals surface area contributed by atoms with Gasteiger partial charge in [0, 0.05) is 24.5 Å². The molecular weight excluding hydrogens is 540 g/mol. The van der Waals surface area contributed by atoms with Gasteiger partial charge in [0.15, 0.2) is 0 Å². The smallest absolute Gasteiger partial charge is 0.312 e. The Balaban J connectivity index is 1.79. The zero-order chi connectivity index (χ0) is 25.3. The molecule has 0 saturated carbocycles. The van der Waals surface area contributed by atoms with Crippen molar-refractivity contribution in [2.45, 2.75) is 48.8 Å². The average Bonchev–Trinajstić information content (AvgIpc) is 3.42. The van der Waals surface area contributed by atoms with Crippen molar-refractivity contribution < 1.29 is 29.0 Å². The topological polar surface area (TPSA) is 96.4 Å². The lowest BCUT2D eigenvalue weighted by molar-refractivity contribution is -0.154. The highest BCUT2D eigenvalue weighted by molar-refractivity contribution is 9.09. The number of hydrogen-bond donors (Lipinski definition) is 1. The van der Waals surface area contributed by atoms with E-state index in [0.29, 0.717) is 30.0 Å². The second-order valence-electron chi connectivity index (χ2n) is 9.07. The van der Waals surface area contributed by atoms with Gasteiger partial charge >= 0.3 is 5.97 Å². The fraction of sp³-hybridized carbons (Fsp3) is 0.560. The highest BCUT2D eigenvalue weighted by atomic mass is 79.9. The third kappa shape index (κ3) is 4.30. The summed E-state index contributed by atoms with van der Waals surface area (Å²) in [5.41, 5.74) is -0.670. The van der Waals surface area contributed by atoms with Crippen LogP contribution < -0.4 is 4.90 Å². The third-order valence-electron chi connectivity index (χ3n) is 7.11. The van der Waals surface area contributed by atoms with E-state index in [4.69, 9.17) is 21.1 Å². The molecule has 2 bridgehead atoms. The molecule has 2 amide bonds. The van der Waals surface area contributed by atoms with Gasteiger partial charge in [-0.1, -0.05) is 45.7 Å². The van der Waals surface area contributed by atoms with Crippen LogP contribution in [0.25, 0.3) is 0 Å². The molecule has 4 rings (SSSR count). The lowest BCUT2D eigenvalue weighted by Gasteiger charge is -2.37. The molecule has 6 atom stereocenters. The number of anilines is 1. The van der Waals surface area contributed by atoms with E-state index in [2.05, 4.69) is 22.5 Å². The van der Waals surface area contributed by atoms with Crippen molar-refractivity contribution in [1.82, 2.24) is 4.90 Å². The number of nitrogens with zero attached hydrogens (tertiary/aromatic N) is 2. The van der Waals surface area contributed by atoms with Gasteiger partial charge < -0.3 is 24.4 Å². The molecule has 1 spiro atoms. The molecule has 0 aromatic heterocycles. The van der Waals surface area contributed by atoms with E-state index < -0.39 is 35.6 Å². The number of halogens is 2. The summed E-state index contributed by atoms with van der Waals surface area (Å²) >= 11 is 10.1. The highest BCUT2D eigenvalue weighted by Crippen LogP contribution is 2.60. The summed E-state index contributed by atoms with van der Waals surface area (Å²) < 4.78 is 11.8. The largest absolute Gasteiger partial charge is 0.466 e. The molecule has 0 radical (unpaired) electrons. The van der Waals surface area contributed by atoms with Gasteiger partial charge in [0.1, 0.15) is 11.6 Å². The number of rotatable bonds is 10. The Morgan fingerprint density at radius 2 is 2.14 bits per heavy atom. The van der Waals surface area contributed by atoms with Crippen molar-refractivity contribution in [1.29, 1.82) is 0 Å². The van der Waals surface area contributed by atoms with Crippen molar-refractivity contribution >= 4 is 51.0 Å². The van der Waals surface area contributed by atoms with Crippen LogP contribution in [0, 0.1) is 11.8 Å². The van der Waals surface area contributed by atoms with Crippen LogP contribution in [0.3, 0.4) is 0 Å². The van der Waals surface area contributed by atoms with Crippen LogP contribution in [0.1, 0.15) is 26.2 Å². The standard InChI is InChI=1S/C25H30BrClN2O6/c1-3-11-28(17-10-6-5-9-16(17)27)23(32)21-25-14-15(26)20(35-25)18(24(33)34-4-2)19(25)22(31)29(21)12-7-8-13-30/h3,5-6,9-10,15,18-21,30H,1,4,7-8,11-14H2,2H3/t15?,18-,19-,20-,21?,25?/m0/s1. The van der Waals surface area contributed by atoms with E-state index in [0.717, 1.165) is 0 Å². The number of benzene rings is 1. The predicted octanol–water partition coefficient (Wildman–Crippen LogP) is 2.94. The van der Waals surface area contributed by atoms with Crippen LogP contribution in [-0.2, 0) is 23.9 Å². The molecule has 3 saturated heterocycles. The first-order chi connectivity index (χ1) is 16.8. The molecule has 0 aliphatic carbocycles. The van der Waals surface area contributed by atoms with Crippen molar-refractivity contribution in [3.63, 3.8) is 0 Å². The SMILES string of the molecule is C=CCN(C(=O)C1N(CCCCO)C(=O)[C@@H]2[C@H](C(=O)OCC)[C@H]3OC12CC3Br)c1ccccc1Cl. The van der Waals surface area contributed by atoms with Gasteiger partial charge in [-0.2, -0.15) is 0 Å². The molecule has 35 heavy (non-hydrogen) atoms. The van der Waals surface area contributed by atoms with Gasteiger partial charge in [-0.15, -0.1) is 6.58 Å². The minimum Gasteiger partial charge on any atom is -0.466 e. The fourth-order valence-corrected chi connectivity index (χ4v) is 6.99. The van der Waals surface area contributed by atoms with Gasteiger partial charge in [0.05, 0.1) is 35.3 Å². The number of amides is 2. The summed E-state index contributed by atoms with van der Waals surface area (Å²) in [7, 11) is 0. The minimum absolute atomic E-state index is 0.0229. The third-order valence-corrected chi connectivity index (χ3v) is 8.27. The molecule has 1 N–H and O–H groups in total. The van der Waals surface area contributed by atoms with Crippen LogP contribution >= 0.6 is 27.5 Å². The Bertz CT molecular complexity index is 1010. The molecule has 10 heteroatoms. The predicted molar refractivity (Wildman–Crippen MR) is 134 cm³/mol. The van der Waals surface area contributed by atoms with Crippen LogP contribution in [-0.4, -0.2) is 76.7 Å². The molecule has 8 nitrogen and oxygen atoms in total. The summed E-state index contributed by atoms with van der Waals surface area (Å²) in [6.07, 6.45) is 2.43. The molecular formula is C25H30BrClN2O6. The van der Waals surface area contributed by atoms with Crippen LogP contribution in [0.2, 0.25) is 5.02 Å². The summed E-state index contributed by atoms with van der Waals surface area (Å²) in [5.74, 6) is -2.74. The normalized spacial score (nSPS) is 30.9. The number of likely N-dealkylation sites (tertiary alicyclic amines) is 1. The summed E-state index contributed by atoms with van der Waals surface area (Å²) in [6, 6.07) is 6.04. The van der Waals surface area contributed by atoms with Crippen molar-refractivity contribution in [3.8, 4) is 0 Å². The number of alkyl halides is 1. The lowest BCUT2D eigenvalue weighted by Crippen LogP contribution is -2.57. The van der Waals surface area contributed by atoms with E-state index >= 15 is 0 Å². The quantitative estimate of drug-likeness (QED) is 0.201. The molecule has 3 aliphatic heterocycles. The average molecular weight is 570 g/mol. The molecule has 1 aromatic carbocycles. The lowest BCUT2D eigenvalue weighted by atomic mass is 9.70. The van der Waals surface area contributed by atoms with Gasteiger partial charge in [-0.3, -0.25) is 14.4 Å². The van der Waals surface area contributed by atoms with Crippen LogP contribution in [0.15, 0.2) is 36.9 Å². The number of carbonyl (C=O) groups is 3. The second-order valence-corrected chi connectivity index (χ2v) is 10.7. The number of aliphatic hydroxyl groups excluding tert-OH is 1. The van der Waals surface area contributed by atoms with E-state index in [1.54, 1.807) is 37.3 Å². The van der Waals surface area contributed by atoms with E-state index in [-0.39, 0.29) is 42.9 Å². The highest BCUT2D eigenvalue weighted by Gasteiger charge is 2.77. The van der Waals surface area contributed by atoms with E-state index in [1.807, 2.05) is 0 Å². The van der Waals surface area contributed by atoms with Crippen LogP contribution in [0.4, 0.5) is 5.69 Å². The van der Waals surface area contributed by atoms with Crippen LogP contribution in [0.5, 0.6) is 0 Å². The van der Waals surface area contributed by atoms with E-state index in [1.165, 1.54) is 9.80 Å². The first-order valence-electron chi connectivity index (χ1n) is 11.9. The maximum absolute atomic E-state index is 14.3. The summed E-state index contributed by atoms with van der Waals surface area (Å²) in [4.78, 5) is 43.9. The van der Waals surface area contributed by atoms with Crippen molar-refractivity contribution in [2.75, 3.05) is 31.2 Å². The Morgan fingerprint density at radius 1 is 1.40 bits per heavy atom. The Kier molecular flexibility index (Phi) is 7.90. The van der Waals surface area contributed by atoms with Crippen molar-refractivity contribution in [3.05, 3.63) is 41.9 Å². The monoisotopic (exact) mass is 568 g/mol. The Hall–Kier alpha value is -1.94. The van der Waals surface area contributed by atoms with Gasteiger partial charge in [0.2, 0.25) is 5.91 Å². The molecule has 3 aliphatic rings. The number of fused-ring (bicyclic) bond motifs is 1. The Labute approximate surface area is 218 Å². The van der Waals surface area contributed by atoms with E-state index in [9.17, 15) is 19.5 Å². The zero-order valence-electron chi connectivity index (χ0n) is 19.6. The molecule has 3 fully saturated rings. The minimum atomic E-state index is -1.18. The summed E-state index contributed by atoms with van der Waals surface area (Å²) in [6.45, 7) is 6.11. The number of hydrogen-bond acceptors (Lipinski definition) is 6. The fourth-order valence-electron chi connectivity index (χ4n) is 5.81. The maximum Gasteiger partial charge on any atom is 0.312 e. The molecule has 3 unspecified atom stereocenters. The number of esters is 1. The molecule has 190 valence electrons. The number of para-hydroxylation sites is 1. The van der Waals surface area contributed by atoms with Gasteiger partial charge in [-0.05, 0) is 38.3 Å². The zero-order valence-corrected chi connectivity index (χ0v) is 21.9. The number of aliphatic hydroxyl groups is 1. The Morgan fingerprint density at radius 3 is 2.80 bits per heavy atom. The second kappa shape index (κ2) is 10.6. The number of ether oxygens (including phenoxy) is 2. The first kappa shape index (κ1) is 26.1. The number of unbranched alkanes of at least 4 members (excludes halogenated alkanes) is 1. The molecule has 1 aromatic rings. The maximum atomic E-state index is 14.3.